The Kier molecular flexibility index (Phi) is 11.6. The molecule has 0 amide bonds. The van der Waals surface area contributed by atoms with Crippen molar-refractivity contribution in [3.63, 3.8) is 0 Å². The third-order valence-corrected chi connectivity index (χ3v) is 5.22. The van der Waals surface area contributed by atoms with Crippen LogP contribution in [0.15, 0.2) is 91.0 Å². The summed E-state index contributed by atoms with van der Waals surface area (Å²) in [5.41, 5.74) is 1.40. The Morgan fingerprint density at radius 2 is 1.00 bits per heavy atom. The lowest BCUT2D eigenvalue weighted by Gasteiger charge is -2.17. The lowest BCUT2D eigenvalue weighted by Crippen LogP contribution is -2.21. The van der Waals surface area contributed by atoms with E-state index < -0.39 is 0 Å². The van der Waals surface area contributed by atoms with Gasteiger partial charge in [-0.1, -0.05) is 113 Å². The summed E-state index contributed by atoms with van der Waals surface area (Å²) in [6, 6.07) is 31.8. The van der Waals surface area contributed by atoms with Crippen molar-refractivity contribution in [2.75, 3.05) is 13.1 Å². The fourth-order valence-electron chi connectivity index (χ4n) is 2.50. The molecule has 0 aliphatic carbocycles. The number of rotatable bonds is 6. The van der Waals surface area contributed by atoms with E-state index in [2.05, 4.69) is 110 Å². The smallest absolute Gasteiger partial charge is 0.0233 e. The summed E-state index contributed by atoms with van der Waals surface area (Å²) >= 11 is 0. The van der Waals surface area contributed by atoms with Gasteiger partial charge >= 0.3 is 0 Å². The minimum Gasteiger partial charge on any atom is -0.300 e. The number of hydrogen-bond donors (Lipinski definition) is 0. The Labute approximate surface area is 166 Å². The lowest BCUT2D eigenvalue weighted by atomic mass is 10.2. The first-order valence-corrected chi connectivity index (χ1v) is 9.95. The van der Waals surface area contributed by atoms with Crippen LogP contribution in [0.4, 0.5) is 0 Å². The maximum absolute atomic E-state index is 2.41. The molecule has 0 fully saturated rings. The van der Waals surface area contributed by atoms with Crippen LogP contribution in [0.3, 0.4) is 0 Å². The molecule has 3 aromatic rings. The molecule has 138 valence electrons. The fraction of sp³-hybridized carbons (Fsp3) is 0.217. The molecule has 3 heteroatoms. The van der Waals surface area contributed by atoms with Crippen LogP contribution in [0.1, 0.15) is 19.4 Å². The number of halogens is 1. The quantitative estimate of drug-likeness (QED) is 0.523. The molecule has 3 aromatic carbocycles. The van der Waals surface area contributed by atoms with Gasteiger partial charge in [0.2, 0.25) is 0 Å². The molecule has 0 spiro atoms. The average Bonchev–Trinajstić information content (AvgIpc) is 2.69. The summed E-state index contributed by atoms with van der Waals surface area (Å²) in [5.74, 6) is 0. The van der Waals surface area contributed by atoms with Gasteiger partial charge in [-0.25, -0.2) is 0 Å². The molecule has 1 nitrogen and oxygen atoms in total. The summed E-state index contributed by atoms with van der Waals surface area (Å²) < 4.78 is 0. The van der Waals surface area contributed by atoms with Crippen molar-refractivity contribution in [2.45, 2.75) is 20.4 Å². The van der Waals surface area contributed by atoms with Gasteiger partial charge in [0.25, 0.3) is 0 Å². The molecule has 26 heavy (non-hydrogen) atoms. The van der Waals surface area contributed by atoms with Gasteiger partial charge in [0, 0.05) is 6.54 Å². The van der Waals surface area contributed by atoms with Gasteiger partial charge in [0.05, 0.1) is 0 Å². The van der Waals surface area contributed by atoms with E-state index in [0.717, 1.165) is 28.2 Å². The van der Waals surface area contributed by atoms with Crippen molar-refractivity contribution < 1.29 is 0 Å². The van der Waals surface area contributed by atoms with Crippen LogP contribution in [0, 0.1) is 0 Å². The number of nitrogens with zero attached hydrogens (tertiary/aromatic N) is 1. The second-order valence-corrected chi connectivity index (χ2v) is 7.21. The molecule has 3 rings (SSSR count). The van der Waals surface area contributed by atoms with E-state index in [9.17, 15) is 0 Å². The molecule has 0 saturated heterocycles. The molecule has 0 atom stereocenters. The Bertz CT molecular complexity index is 648. The summed E-state index contributed by atoms with van der Waals surface area (Å²) in [6.07, 6.45) is 0. The van der Waals surface area contributed by atoms with Crippen LogP contribution in [-0.2, 0) is 6.54 Å². The van der Waals surface area contributed by atoms with Crippen LogP contribution in [-0.4, -0.2) is 18.0 Å². The molecule has 0 radical (unpaired) electrons. The van der Waals surface area contributed by atoms with Gasteiger partial charge < -0.3 is 0 Å². The van der Waals surface area contributed by atoms with E-state index >= 15 is 0 Å². The Balaban J connectivity index is 0.000000251. The van der Waals surface area contributed by atoms with E-state index in [4.69, 9.17) is 0 Å². The highest BCUT2D eigenvalue weighted by Gasteiger charge is 1.98. The molecule has 0 aromatic heterocycles. The van der Waals surface area contributed by atoms with Crippen LogP contribution in [0.2, 0.25) is 0 Å². The van der Waals surface area contributed by atoms with Gasteiger partial charge in [0.15, 0.2) is 0 Å². The monoisotopic (exact) mass is 385 g/mol. The fourth-order valence-corrected chi connectivity index (χ4v) is 3.55. The van der Waals surface area contributed by atoms with Gasteiger partial charge in [-0.2, -0.15) is 0 Å². The molecule has 0 unspecified atom stereocenters. The van der Waals surface area contributed by atoms with Crippen LogP contribution >= 0.6 is 21.0 Å². The second kappa shape index (κ2) is 13.5. The van der Waals surface area contributed by atoms with E-state index in [1.807, 2.05) is 0 Å². The summed E-state index contributed by atoms with van der Waals surface area (Å²) in [5, 5.41) is 2.79. The van der Waals surface area contributed by atoms with Gasteiger partial charge in [-0.15, -0.1) is 12.4 Å². The lowest BCUT2D eigenvalue weighted by molar-refractivity contribution is 0.296. The SMILES string of the molecule is CCN(CC)Cc1ccccc1.Cl.c1ccc(Pc2ccccc2)cc1. The standard InChI is InChI=1S/C12H11P.C11H17N.ClH/c1-3-7-11(8-4-1)13-12-9-5-2-6-10-12;1-3-12(4-2)10-11-8-6-5-7-9-11;/h1-10,13H;5-9H,3-4,10H2,1-2H3;1H. The second-order valence-electron chi connectivity index (χ2n) is 5.80. The van der Waals surface area contributed by atoms with Crippen molar-refractivity contribution in [2.24, 2.45) is 0 Å². The highest BCUT2D eigenvalue weighted by atomic mass is 35.5. The van der Waals surface area contributed by atoms with Gasteiger partial charge in [-0.05, 0) is 29.3 Å². The van der Waals surface area contributed by atoms with E-state index in [1.165, 1.54) is 16.2 Å². The zero-order valence-corrected chi connectivity index (χ0v) is 17.5. The Hall–Kier alpha value is -1.66. The zero-order chi connectivity index (χ0) is 17.7. The third-order valence-electron chi connectivity index (χ3n) is 3.98. The topological polar surface area (TPSA) is 3.24 Å². The molecule has 0 aliphatic heterocycles. The third kappa shape index (κ3) is 8.63. The maximum atomic E-state index is 2.41. The Morgan fingerprint density at radius 1 is 0.615 bits per heavy atom. The van der Waals surface area contributed by atoms with E-state index in [-0.39, 0.29) is 12.4 Å². The van der Waals surface area contributed by atoms with Crippen molar-refractivity contribution >= 4 is 31.6 Å². The average molecular weight is 386 g/mol. The highest BCUT2D eigenvalue weighted by molar-refractivity contribution is 7.55. The minimum atomic E-state index is 0. The molecule has 0 bridgehead atoms. The summed E-state index contributed by atoms with van der Waals surface area (Å²) in [6.45, 7) is 7.74. The number of benzene rings is 3. The normalized spacial score (nSPS) is 9.81. The molecule has 0 aliphatic rings. The van der Waals surface area contributed by atoms with Crippen LogP contribution in [0.5, 0.6) is 0 Å². The molecule has 0 N–H and O–H groups in total. The van der Waals surface area contributed by atoms with Crippen molar-refractivity contribution in [1.29, 1.82) is 0 Å². The predicted octanol–water partition coefficient (Wildman–Crippen LogP) is 5.27. The van der Waals surface area contributed by atoms with Crippen LogP contribution < -0.4 is 10.6 Å². The predicted molar refractivity (Wildman–Crippen MR) is 121 cm³/mol. The summed E-state index contributed by atoms with van der Waals surface area (Å²) in [7, 11) is 0.777. The first-order valence-electron chi connectivity index (χ1n) is 8.95. The number of hydrogen-bond acceptors (Lipinski definition) is 1. The van der Waals surface area contributed by atoms with E-state index in [0.29, 0.717) is 0 Å². The molecule has 0 heterocycles. The minimum absolute atomic E-state index is 0. The van der Waals surface area contributed by atoms with Gasteiger partial charge in [0.1, 0.15) is 0 Å². The van der Waals surface area contributed by atoms with Gasteiger partial charge in [-0.3, -0.25) is 4.90 Å². The van der Waals surface area contributed by atoms with Crippen molar-refractivity contribution in [1.82, 2.24) is 4.90 Å². The first-order chi connectivity index (χ1) is 12.3. The molecular formula is C23H29ClNP. The van der Waals surface area contributed by atoms with Crippen molar-refractivity contribution in [3.8, 4) is 0 Å². The van der Waals surface area contributed by atoms with Crippen molar-refractivity contribution in [3.05, 3.63) is 96.6 Å². The maximum Gasteiger partial charge on any atom is 0.0233 e. The largest absolute Gasteiger partial charge is 0.300 e. The Morgan fingerprint density at radius 3 is 1.38 bits per heavy atom. The summed E-state index contributed by atoms with van der Waals surface area (Å²) in [4.78, 5) is 2.41. The first kappa shape index (κ1) is 22.4. The van der Waals surface area contributed by atoms with Crippen LogP contribution in [0.25, 0.3) is 0 Å². The zero-order valence-electron chi connectivity index (χ0n) is 15.6. The molecular weight excluding hydrogens is 357 g/mol. The van der Waals surface area contributed by atoms with E-state index in [1.54, 1.807) is 0 Å². The highest BCUT2D eigenvalue weighted by Crippen LogP contribution is 2.08. The molecule has 0 saturated carbocycles.